The van der Waals surface area contributed by atoms with Crippen LogP contribution in [0.4, 0.5) is 0 Å². The van der Waals surface area contributed by atoms with Crippen LogP contribution in [0, 0.1) is 5.92 Å². The van der Waals surface area contributed by atoms with Gasteiger partial charge >= 0.3 is 5.97 Å². The van der Waals surface area contributed by atoms with E-state index in [0.717, 1.165) is 38.2 Å². The molecule has 4 heteroatoms. The summed E-state index contributed by atoms with van der Waals surface area (Å²) < 4.78 is 10.7. The Morgan fingerprint density at radius 3 is 2.78 bits per heavy atom. The quantitative estimate of drug-likeness (QED) is 0.560. The lowest BCUT2D eigenvalue weighted by atomic mass is 9.98. The van der Waals surface area contributed by atoms with Crippen molar-refractivity contribution in [3.05, 3.63) is 0 Å². The van der Waals surface area contributed by atoms with Crippen LogP contribution < -0.4 is 5.32 Å². The van der Waals surface area contributed by atoms with Crippen molar-refractivity contribution in [3.8, 4) is 0 Å². The predicted molar refractivity (Wildman–Crippen MR) is 71.5 cm³/mol. The molecular formula is C14H27NO3. The van der Waals surface area contributed by atoms with Gasteiger partial charge in [-0.1, -0.05) is 13.8 Å². The van der Waals surface area contributed by atoms with E-state index in [1.807, 2.05) is 7.05 Å². The van der Waals surface area contributed by atoms with Crippen molar-refractivity contribution in [1.29, 1.82) is 0 Å². The second-order valence-corrected chi connectivity index (χ2v) is 5.60. The number of methoxy groups -OCH3 is 1. The molecule has 0 spiro atoms. The van der Waals surface area contributed by atoms with Crippen LogP contribution in [0.3, 0.4) is 0 Å². The Bertz CT molecular complexity index is 268. The highest BCUT2D eigenvalue weighted by atomic mass is 16.5. The highest BCUT2D eigenvalue weighted by Gasteiger charge is 2.45. The molecule has 1 rings (SSSR count). The monoisotopic (exact) mass is 257 g/mol. The van der Waals surface area contributed by atoms with E-state index in [-0.39, 0.29) is 12.1 Å². The molecule has 1 aliphatic rings. The first-order chi connectivity index (χ1) is 8.54. The molecule has 0 heterocycles. The van der Waals surface area contributed by atoms with E-state index in [0.29, 0.717) is 0 Å². The van der Waals surface area contributed by atoms with E-state index in [9.17, 15) is 4.79 Å². The van der Waals surface area contributed by atoms with Gasteiger partial charge in [0.25, 0.3) is 0 Å². The van der Waals surface area contributed by atoms with Crippen LogP contribution >= 0.6 is 0 Å². The van der Waals surface area contributed by atoms with Crippen LogP contribution in [0.2, 0.25) is 0 Å². The van der Waals surface area contributed by atoms with Gasteiger partial charge < -0.3 is 14.8 Å². The number of hydrogen-bond donors (Lipinski definition) is 1. The zero-order valence-electron chi connectivity index (χ0n) is 12.1. The molecule has 1 aliphatic carbocycles. The number of carbonyl (C=O) groups is 1. The molecular weight excluding hydrogens is 230 g/mol. The number of hydrogen-bond acceptors (Lipinski definition) is 4. The maximum atomic E-state index is 11.8. The first-order valence-electron chi connectivity index (χ1n) is 6.93. The van der Waals surface area contributed by atoms with E-state index in [1.165, 1.54) is 13.5 Å². The SMILES string of the molecule is CNC1(C(=O)OC)CCC(OCCCC(C)C)C1. The lowest BCUT2D eigenvalue weighted by Crippen LogP contribution is -2.49. The van der Waals surface area contributed by atoms with Gasteiger partial charge in [0.05, 0.1) is 13.2 Å². The second-order valence-electron chi connectivity index (χ2n) is 5.60. The molecule has 0 aromatic rings. The minimum Gasteiger partial charge on any atom is -0.468 e. The predicted octanol–water partition coefficient (Wildman–Crippen LogP) is 2.12. The minimum absolute atomic E-state index is 0.168. The van der Waals surface area contributed by atoms with Gasteiger partial charge in [0.1, 0.15) is 5.54 Å². The Kier molecular flexibility index (Phi) is 6.09. The maximum absolute atomic E-state index is 11.8. The topological polar surface area (TPSA) is 47.6 Å². The summed E-state index contributed by atoms with van der Waals surface area (Å²) in [6, 6.07) is 0. The van der Waals surface area contributed by atoms with Gasteiger partial charge in [0, 0.05) is 13.0 Å². The van der Waals surface area contributed by atoms with Crippen LogP contribution in [-0.2, 0) is 14.3 Å². The van der Waals surface area contributed by atoms with Crippen LogP contribution in [0.15, 0.2) is 0 Å². The number of ether oxygens (including phenoxy) is 2. The number of rotatable bonds is 7. The van der Waals surface area contributed by atoms with Gasteiger partial charge in [-0.3, -0.25) is 4.79 Å². The Balaban J connectivity index is 2.33. The van der Waals surface area contributed by atoms with Crippen molar-refractivity contribution >= 4 is 5.97 Å². The van der Waals surface area contributed by atoms with E-state index in [2.05, 4.69) is 19.2 Å². The molecule has 0 aromatic heterocycles. The maximum Gasteiger partial charge on any atom is 0.326 e. The summed E-state index contributed by atoms with van der Waals surface area (Å²) >= 11 is 0. The highest BCUT2D eigenvalue weighted by Crippen LogP contribution is 2.32. The largest absolute Gasteiger partial charge is 0.468 e. The van der Waals surface area contributed by atoms with Crippen LogP contribution in [0.25, 0.3) is 0 Å². The average Bonchev–Trinajstić information content (AvgIpc) is 2.78. The molecule has 18 heavy (non-hydrogen) atoms. The van der Waals surface area contributed by atoms with Gasteiger partial charge in [-0.2, -0.15) is 0 Å². The highest BCUT2D eigenvalue weighted by molar-refractivity contribution is 5.81. The van der Waals surface area contributed by atoms with Crippen molar-refractivity contribution in [1.82, 2.24) is 5.32 Å². The first kappa shape index (κ1) is 15.4. The van der Waals surface area contributed by atoms with Crippen LogP contribution in [-0.4, -0.2) is 38.4 Å². The van der Waals surface area contributed by atoms with Gasteiger partial charge in [0.15, 0.2) is 0 Å². The van der Waals surface area contributed by atoms with Crippen molar-refractivity contribution in [2.75, 3.05) is 20.8 Å². The lowest BCUT2D eigenvalue weighted by molar-refractivity contribution is -0.148. The Morgan fingerprint density at radius 1 is 1.50 bits per heavy atom. The molecule has 0 aliphatic heterocycles. The summed E-state index contributed by atoms with van der Waals surface area (Å²) in [4.78, 5) is 11.8. The molecule has 0 aromatic carbocycles. The number of likely N-dealkylation sites (N-methyl/N-ethyl adjacent to an activating group) is 1. The zero-order valence-corrected chi connectivity index (χ0v) is 12.1. The van der Waals surface area contributed by atoms with Gasteiger partial charge in [0.2, 0.25) is 0 Å². The summed E-state index contributed by atoms with van der Waals surface area (Å²) in [7, 11) is 3.26. The van der Waals surface area contributed by atoms with Gasteiger partial charge in [-0.25, -0.2) is 0 Å². The fourth-order valence-corrected chi connectivity index (χ4v) is 2.59. The normalized spacial score (nSPS) is 27.7. The molecule has 0 radical (unpaired) electrons. The first-order valence-corrected chi connectivity index (χ1v) is 6.93. The Morgan fingerprint density at radius 2 is 2.22 bits per heavy atom. The fourth-order valence-electron chi connectivity index (χ4n) is 2.59. The van der Waals surface area contributed by atoms with Crippen molar-refractivity contribution < 1.29 is 14.3 Å². The summed E-state index contributed by atoms with van der Waals surface area (Å²) in [5.74, 6) is 0.557. The summed E-state index contributed by atoms with van der Waals surface area (Å²) in [5.41, 5.74) is -0.530. The van der Waals surface area contributed by atoms with Crippen molar-refractivity contribution in [2.24, 2.45) is 5.92 Å². The smallest absolute Gasteiger partial charge is 0.326 e. The molecule has 2 unspecified atom stereocenters. The zero-order chi connectivity index (χ0) is 13.6. The van der Waals surface area contributed by atoms with Crippen LogP contribution in [0.5, 0.6) is 0 Å². The number of esters is 1. The third-order valence-electron chi connectivity index (χ3n) is 3.80. The van der Waals surface area contributed by atoms with E-state index < -0.39 is 5.54 Å². The molecule has 1 saturated carbocycles. The molecule has 2 atom stereocenters. The molecule has 1 fully saturated rings. The lowest BCUT2D eigenvalue weighted by Gasteiger charge is -2.25. The van der Waals surface area contributed by atoms with Gasteiger partial charge in [-0.05, 0) is 38.6 Å². The Labute approximate surface area is 110 Å². The number of nitrogens with one attached hydrogen (secondary N) is 1. The molecule has 0 amide bonds. The second kappa shape index (κ2) is 7.10. The van der Waals surface area contributed by atoms with Crippen LogP contribution in [0.1, 0.15) is 46.0 Å². The standard InChI is InChI=1S/C14H27NO3/c1-11(2)6-5-9-18-12-7-8-14(10-12,15-3)13(16)17-4/h11-12,15H,5-10H2,1-4H3. The van der Waals surface area contributed by atoms with E-state index in [4.69, 9.17) is 9.47 Å². The van der Waals surface area contributed by atoms with Crippen molar-refractivity contribution in [3.63, 3.8) is 0 Å². The summed E-state index contributed by atoms with van der Waals surface area (Å²) in [6.45, 7) is 5.24. The third-order valence-corrected chi connectivity index (χ3v) is 3.80. The van der Waals surface area contributed by atoms with Crippen molar-refractivity contribution in [2.45, 2.75) is 57.6 Å². The van der Waals surface area contributed by atoms with E-state index >= 15 is 0 Å². The summed E-state index contributed by atoms with van der Waals surface area (Å²) in [5, 5.41) is 3.11. The molecule has 0 saturated heterocycles. The summed E-state index contributed by atoms with van der Waals surface area (Å²) in [6.07, 6.45) is 4.92. The molecule has 4 nitrogen and oxygen atoms in total. The van der Waals surface area contributed by atoms with Gasteiger partial charge in [-0.15, -0.1) is 0 Å². The average molecular weight is 257 g/mol. The van der Waals surface area contributed by atoms with E-state index in [1.54, 1.807) is 0 Å². The minimum atomic E-state index is -0.530. The third kappa shape index (κ3) is 3.95. The number of carbonyl (C=O) groups excluding carboxylic acids is 1. The molecule has 1 N–H and O–H groups in total. The fraction of sp³-hybridized carbons (Fsp3) is 0.929. The Hall–Kier alpha value is -0.610. The molecule has 106 valence electrons. The molecule has 0 bridgehead atoms.